The maximum absolute atomic E-state index is 13.4. The summed E-state index contributed by atoms with van der Waals surface area (Å²) in [6, 6.07) is 6.62. The van der Waals surface area contributed by atoms with Gasteiger partial charge in [0.25, 0.3) is 0 Å². The van der Waals surface area contributed by atoms with Gasteiger partial charge in [-0.3, -0.25) is 0 Å². The number of carbonyl (C=O) groups excluding carboxylic acids is 1. The van der Waals surface area contributed by atoms with Gasteiger partial charge in [0.1, 0.15) is 17.1 Å². The number of carbonyl (C=O) groups is 1. The lowest BCUT2D eigenvalue weighted by atomic mass is 10.1. The molecule has 110 valence electrons. The van der Waals surface area contributed by atoms with Crippen LogP contribution in [0.4, 0.5) is 10.1 Å². The van der Waals surface area contributed by atoms with Gasteiger partial charge in [-0.2, -0.15) is 0 Å². The maximum Gasteiger partial charge on any atom is 0.341 e. The Morgan fingerprint density at radius 2 is 1.90 bits per heavy atom. The first-order valence-electron chi connectivity index (χ1n) is 5.72. The molecule has 0 radical (unpaired) electrons. The summed E-state index contributed by atoms with van der Waals surface area (Å²) in [6.07, 6.45) is 0. The van der Waals surface area contributed by atoms with Crippen LogP contribution in [-0.4, -0.2) is 13.1 Å². The van der Waals surface area contributed by atoms with Crippen LogP contribution >= 0.6 is 23.2 Å². The predicted molar refractivity (Wildman–Crippen MR) is 78.7 cm³/mol. The normalized spacial score (nSPS) is 10.3. The molecule has 7 heteroatoms. The second-order valence-corrected chi connectivity index (χ2v) is 4.86. The van der Waals surface area contributed by atoms with E-state index in [-0.39, 0.29) is 32.8 Å². The molecule has 0 aliphatic carbocycles. The number of esters is 1. The number of nitrogen functional groups attached to an aromatic ring is 1. The highest BCUT2D eigenvalue weighted by molar-refractivity contribution is 6.33. The summed E-state index contributed by atoms with van der Waals surface area (Å²) >= 11 is 11.6. The van der Waals surface area contributed by atoms with Crippen LogP contribution in [0.25, 0.3) is 0 Å². The predicted octanol–water partition coefficient (Wildman–Crippen LogP) is 4.29. The molecule has 0 aliphatic rings. The number of hydrogen-bond acceptors (Lipinski definition) is 4. The van der Waals surface area contributed by atoms with Crippen molar-refractivity contribution >= 4 is 34.9 Å². The highest BCUT2D eigenvalue weighted by atomic mass is 35.5. The van der Waals surface area contributed by atoms with Crippen molar-refractivity contribution in [2.75, 3.05) is 12.8 Å². The Kier molecular flexibility index (Phi) is 4.55. The van der Waals surface area contributed by atoms with Crippen LogP contribution in [0.5, 0.6) is 11.5 Å². The van der Waals surface area contributed by atoms with Crippen molar-refractivity contribution < 1.29 is 18.7 Å². The van der Waals surface area contributed by atoms with E-state index in [1.165, 1.54) is 31.4 Å². The number of hydrogen-bond donors (Lipinski definition) is 1. The summed E-state index contributed by atoms with van der Waals surface area (Å²) in [5.74, 6) is -1.16. The lowest BCUT2D eigenvalue weighted by Gasteiger charge is -2.13. The topological polar surface area (TPSA) is 61.5 Å². The van der Waals surface area contributed by atoms with Crippen LogP contribution in [-0.2, 0) is 4.74 Å². The van der Waals surface area contributed by atoms with Crippen molar-refractivity contribution in [2.45, 2.75) is 0 Å². The Hall–Kier alpha value is -1.98. The minimum Gasteiger partial charge on any atom is -0.465 e. The average molecular weight is 330 g/mol. The highest BCUT2D eigenvalue weighted by Gasteiger charge is 2.19. The van der Waals surface area contributed by atoms with E-state index in [1.807, 2.05) is 0 Å². The van der Waals surface area contributed by atoms with E-state index in [0.29, 0.717) is 0 Å². The lowest BCUT2D eigenvalue weighted by molar-refractivity contribution is 0.0598. The molecule has 0 amide bonds. The third-order valence-electron chi connectivity index (χ3n) is 2.58. The van der Waals surface area contributed by atoms with Crippen molar-refractivity contribution in [1.82, 2.24) is 0 Å². The van der Waals surface area contributed by atoms with Crippen molar-refractivity contribution in [1.29, 1.82) is 0 Å². The Bertz CT molecular complexity index is 707. The summed E-state index contributed by atoms with van der Waals surface area (Å²) in [5.41, 5.74) is 5.95. The van der Waals surface area contributed by atoms with E-state index in [4.69, 9.17) is 33.7 Å². The molecular weight excluding hydrogens is 320 g/mol. The maximum atomic E-state index is 13.4. The van der Waals surface area contributed by atoms with Crippen LogP contribution in [0.2, 0.25) is 10.0 Å². The Morgan fingerprint density at radius 1 is 1.19 bits per heavy atom. The number of ether oxygens (including phenoxy) is 2. The number of rotatable bonds is 3. The molecule has 2 rings (SSSR count). The van der Waals surface area contributed by atoms with Crippen LogP contribution in [0, 0.1) is 5.82 Å². The SMILES string of the molecule is COC(=O)c1cc(N)cc(Cl)c1Oc1ccc(Cl)c(F)c1. The molecule has 0 unspecified atom stereocenters. The fourth-order valence-electron chi connectivity index (χ4n) is 1.64. The van der Waals surface area contributed by atoms with Crippen LogP contribution < -0.4 is 10.5 Å². The lowest BCUT2D eigenvalue weighted by Crippen LogP contribution is -2.05. The number of halogens is 3. The minimum atomic E-state index is -0.673. The number of anilines is 1. The van der Waals surface area contributed by atoms with Gasteiger partial charge in [0.2, 0.25) is 0 Å². The van der Waals surface area contributed by atoms with E-state index >= 15 is 0 Å². The van der Waals surface area contributed by atoms with Crippen molar-refractivity contribution in [3.8, 4) is 11.5 Å². The Balaban J connectivity index is 2.47. The molecule has 2 aromatic carbocycles. The van der Waals surface area contributed by atoms with Gasteiger partial charge in [-0.15, -0.1) is 0 Å². The van der Waals surface area contributed by atoms with Gasteiger partial charge in [0.05, 0.1) is 17.2 Å². The molecule has 0 saturated heterocycles. The fourth-order valence-corrected chi connectivity index (χ4v) is 2.02. The van der Waals surface area contributed by atoms with Gasteiger partial charge in [0, 0.05) is 11.8 Å². The van der Waals surface area contributed by atoms with Crippen molar-refractivity contribution in [3.05, 3.63) is 51.8 Å². The average Bonchev–Trinajstić information content (AvgIpc) is 2.44. The van der Waals surface area contributed by atoms with E-state index in [9.17, 15) is 9.18 Å². The van der Waals surface area contributed by atoms with Gasteiger partial charge >= 0.3 is 5.97 Å². The van der Waals surface area contributed by atoms with E-state index in [0.717, 1.165) is 6.07 Å². The molecule has 0 heterocycles. The first kappa shape index (κ1) is 15.4. The molecule has 0 fully saturated rings. The second-order valence-electron chi connectivity index (χ2n) is 4.05. The second kappa shape index (κ2) is 6.20. The molecule has 0 saturated carbocycles. The van der Waals surface area contributed by atoms with E-state index in [1.54, 1.807) is 0 Å². The zero-order chi connectivity index (χ0) is 15.6. The molecule has 0 aromatic heterocycles. The zero-order valence-electron chi connectivity index (χ0n) is 10.8. The standard InChI is InChI=1S/C14H10Cl2FNO3/c1-20-14(19)9-4-7(18)5-11(16)13(9)21-8-2-3-10(15)12(17)6-8/h2-6H,18H2,1H3. The minimum absolute atomic E-state index is 0.0273. The van der Waals surface area contributed by atoms with E-state index < -0.39 is 11.8 Å². The molecular formula is C14H10Cl2FNO3. The fraction of sp³-hybridized carbons (Fsp3) is 0.0714. The van der Waals surface area contributed by atoms with Crippen molar-refractivity contribution in [3.63, 3.8) is 0 Å². The summed E-state index contributed by atoms with van der Waals surface area (Å²) in [5, 5.41) is 0.0599. The molecule has 2 N–H and O–H groups in total. The van der Waals surface area contributed by atoms with Gasteiger partial charge < -0.3 is 15.2 Å². The number of benzene rings is 2. The Morgan fingerprint density at radius 3 is 2.52 bits per heavy atom. The molecule has 0 spiro atoms. The number of nitrogens with two attached hydrogens (primary N) is 1. The van der Waals surface area contributed by atoms with Gasteiger partial charge in [-0.25, -0.2) is 9.18 Å². The van der Waals surface area contributed by atoms with Crippen LogP contribution in [0.3, 0.4) is 0 Å². The Labute approximate surface area is 130 Å². The van der Waals surface area contributed by atoms with Crippen LogP contribution in [0.1, 0.15) is 10.4 Å². The molecule has 0 atom stereocenters. The number of methoxy groups -OCH3 is 1. The molecule has 4 nitrogen and oxygen atoms in total. The summed E-state index contributed by atoms with van der Waals surface area (Å²) in [6.45, 7) is 0. The first-order chi connectivity index (χ1) is 9.92. The van der Waals surface area contributed by atoms with Gasteiger partial charge in [0.15, 0.2) is 5.75 Å². The third-order valence-corrected chi connectivity index (χ3v) is 3.17. The molecule has 0 bridgehead atoms. The molecule has 0 aliphatic heterocycles. The smallest absolute Gasteiger partial charge is 0.341 e. The first-order valence-corrected chi connectivity index (χ1v) is 6.48. The molecule has 21 heavy (non-hydrogen) atoms. The summed E-state index contributed by atoms with van der Waals surface area (Å²) < 4.78 is 23.5. The van der Waals surface area contributed by atoms with E-state index in [2.05, 4.69) is 4.74 Å². The summed E-state index contributed by atoms with van der Waals surface area (Å²) in [4.78, 5) is 11.7. The summed E-state index contributed by atoms with van der Waals surface area (Å²) in [7, 11) is 1.21. The quantitative estimate of drug-likeness (QED) is 0.673. The van der Waals surface area contributed by atoms with Crippen molar-refractivity contribution in [2.24, 2.45) is 0 Å². The van der Waals surface area contributed by atoms with Crippen LogP contribution in [0.15, 0.2) is 30.3 Å². The zero-order valence-corrected chi connectivity index (χ0v) is 12.3. The monoisotopic (exact) mass is 329 g/mol. The van der Waals surface area contributed by atoms with Gasteiger partial charge in [-0.1, -0.05) is 23.2 Å². The largest absolute Gasteiger partial charge is 0.465 e. The molecule has 2 aromatic rings. The van der Waals surface area contributed by atoms with Gasteiger partial charge in [-0.05, 0) is 24.3 Å². The third kappa shape index (κ3) is 3.37. The highest BCUT2D eigenvalue weighted by Crippen LogP contribution is 2.36.